The molecule has 0 radical (unpaired) electrons. The fourth-order valence-electron chi connectivity index (χ4n) is 3.43. The number of likely N-dealkylation sites (tertiary alicyclic amines) is 1. The summed E-state index contributed by atoms with van der Waals surface area (Å²) in [6.45, 7) is 5.79. The molecule has 2 aromatic heterocycles. The fourth-order valence-corrected chi connectivity index (χ4v) is 4.20. The summed E-state index contributed by atoms with van der Waals surface area (Å²) in [5, 5.41) is 0. The number of thiazole rings is 1. The Hall–Kier alpha value is -2.26. The Labute approximate surface area is 154 Å². The lowest BCUT2D eigenvalue weighted by molar-refractivity contribution is 0.0794. The average molecular weight is 375 g/mol. The van der Waals surface area contributed by atoms with Crippen LogP contribution in [-0.4, -0.2) is 65.2 Å². The van der Waals surface area contributed by atoms with E-state index in [4.69, 9.17) is 4.74 Å². The van der Waals surface area contributed by atoms with E-state index in [1.807, 2.05) is 16.7 Å². The lowest BCUT2D eigenvalue weighted by Gasteiger charge is -2.27. The summed E-state index contributed by atoms with van der Waals surface area (Å²) in [5.74, 6) is 0.693. The molecule has 26 heavy (non-hydrogen) atoms. The van der Waals surface area contributed by atoms with Crippen molar-refractivity contribution in [3.05, 3.63) is 38.2 Å². The van der Waals surface area contributed by atoms with Gasteiger partial charge in [-0.05, 0) is 13.3 Å². The van der Waals surface area contributed by atoms with Crippen LogP contribution in [0, 0.1) is 6.92 Å². The first-order valence-electron chi connectivity index (χ1n) is 8.75. The van der Waals surface area contributed by atoms with Crippen LogP contribution in [0.15, 0.2) is 16.4 Å². The molecule has 4 heterocycles. The first-order chi connectivity index (χ1) is 12.6. The third-order valence-corrected chi connectivity index (χ3v) is 5.81. The Morgan fingerprint density at radius 2 is 2.15 bits per heavy atom. The molecule has 0 aromatic carbocycles. The third kappa shape index (κ3) is 3.36. The molecule has 1 atom stereocenters. The summed E-state index contributed by atoms with van der Waals surface area (Å²) in [5.41, 5.74) is 3.07. The van der Waals surface area contributed by atoms with Crippen LogP contribution in [0.3, 0.4) is 0 Å². The fraction of sp³-hybridized carbons (Fsp3) is 0.529. The van der Waals surface area contributed by atoms with Gasteiger partial charge in [0.2, 0.25) is 5.95 Å². The summed E-state index contributed by atoms with van der Waals surface area (Å²) in [4.78, 5) is 41.0. The van der Waals surface area contributed by atoms with Gasteiger partial charge in [0.25, 0.3) is 11.5 Å². The SMILES string of the molecule is Cc1ncsc1C(=O)N1CC[C@@H](c2cc(=O)[nH]c(N3CCOCC3)n2)C1. The van der Waals surface area contributed by atoms with Crippen LogP contribution >= 0.6 is 11.3 Å². The number of ether oxygens (including phenoxy) is 1. The normalized spacial score (nSPS) is 20.6. The number of anilines is 1. The quantitative estimate of drug-likeness (QED) is 0.861. The summed E-state index contributed by atoms with van der Waals surface area (Å²) in [7, 11) is 0. The predicted octanol–water partition coefficient (Wildman–Crippen LogP) is 1.00. The smallest absolute Gasteiger partial charge is 0.265 e. The monoisotopic (exact) mass is 375 g/mol. The van der Waals surface area contributed by atoms with Crippen LogP contribution in [0.5, 0.6) is 0 Å². The zero-order chi connectivity index (χ0) is 18.1. The number of carbonyl (C=O) groups excluding carboxylic acids is 1. The number of nitrogens with zero attached hydrogens (tertiary/aromatic N) is 4. The highest BCUT2D eigenvalue weighted by atomic mass is 32.1. The van der Waals surface area contributed by atoms with E-state index < -0.39 is 0 Å². The van der Waals surface area contributed by atoms with E-state index in [1.54, 1.807) is 11.6 Å². The van der Waals surface area contributed by atoms with Crippen LogP contribution in [0.2, 0.25) is 0 Å². The van der Waals surface area contributed by atoms with Crippen molar-refractivity contribution in [2.24, 2.45) is 0 Å². The highest BCUT2D eigenvalue weighted by molar-refractivity contribution is 7.11. The molecule has 4 rings (SSSR count). The number of H-pyrrole nitrogens is 1. The zero-order valence-corrected chi connectivity index (χ0v) is 15.4. The highest BCUT2D eigenvalue weighted by Gasteiger charge is 2.31. The van der Waals surface area contributed by atoms with Gasteiger partial charge in [0.05, 0.1) is 30.1 Å². The zero-order valence-electron chi connectivity index (χ0n) is 14.6. The van der Waals surface area contributed by atoms with E-state index >= 15 is 0 Å². The number of hydrogen-bond acceptors (Lipinski definition) is 7. The molecule has 2 fully saturated rings. The van der Waals surface area contributed by atoms with Gasteiger partial charge in [-0.2, -0.15) is 0 Å². The largest absolute Gasteiger partial charge is 0.378 e. The molecule has 9 heteroatoms. The minimum Gasteiger partial charge on any atom is -0.378 e. The van der Waals surface area contributed by atoms with Crippen molar-refractivity contribution < 1.29 is 9.53 Å². The minimum absolute atomic E-state index is 0.0192. The first kappa shape index (κ1) is 17.2. The molecule has 0 aliphatic carbocycles. The maximum atomic E-state index is 12.7. The lowest BCUT2D eigenvalue weighted by Crippen LogP contribution is -2.38. The van der Waals surface area contributed by atoms with Gasteiger partial charge in [-0.15, -0.1) is 11.3 Å². The van der Waals surface area contributed by atoms with Gasteiger partial charge in [0.15, 0.2) is 0 Å². The molecule has 2 aliphatic heterocycles. The second-order valence-corrected chi connectivity index (χ2v) is 7.45. The molecular weight excluding hydrogens is 354 g/mol. The number of hydrogen-bond donors (Lipinski definition) is 1. The Morgan fingerprint density at radius 1 is 1.35 bits per heavy atom. The number of carbonyl (C=O) groups is 1. The Morgan fingerprint density at radius 3 is 2.88 bits per heavy atom. The third-order valence-electron chi connectivity index (χ3n) is 4.89. The number of amides is 1. The van der Waals surface area contributed by atoms with Crippen molar-refractivity contribution in [1.29, 1.82) is 0 Å². The number of aromatic nitrogens is 3. The molecule has 138 valence electrons. The minimum atomic E-state index is -0.153. The van der Waals surface area contributed by atoms with Crippen LogP contribution in [-0.2, 0) is 4.74 Å². The van der Waals surface area contributed by atoms with E-state index in [-0.39, 0.29) is 17.4 Å². The van der Waals surface area contributed by atoms with Crippen molar-refractivity contribution >= 4 is 23.2 Å². The maximum absolute atomic E-state index is 12.7. The van der Waals surface area contributed by atoms with Crippen LogP contribution in [0.4, 0.5) is 5.95 Å². The molecule has 2 aromatic rings. The first-order valence-corrected chi connectivity index (χ1v) is 9.63. The topological polar surface area (TPSA) is 91.4 Å². The van der Waals surface area contributed by atoms with Crippen LogP contribution in [0.1, 0.15) is 33.4 Å². The Kier molecular flexibility index (Phi) is 4.73. The lowest BCUT2D eigenvalue weighted by atomic mass is 10.1. The average Bonchev–Trinajstić information content (AvgIpc) is 3.31. The van der Waals surface area contributed by atoms with E-state index in [9.17, 15) is 9.59 Å². The number of rotatable bonds is 3. The number of aromatic amines is 1. The molecule has 0 bridgehead atoms. The van der Waals surface area contributed by atoms with E-state index in [2.05, 4.69) is 15.0 Å². The van der Waals surface area contributed by atoms with Gasteiger partial charge >= 0.3 is 0 Å². The van der Waals surface area contributed by atoms with Crippen LogP contribution in [0.25, 0.3) is 0 Å². The van der Waals surface area contributed by atoms with Gasteiger partial charge in [0.1, 0.15) is 4.88 Å². The van der Waals surface area contributed by atoms with E-state index in [0.717, 1.165) is 17.8 Å². The van der Waals surface area contributed by atoms with E-state index in [0.29, 0.717) is 50.2 Å². The van der Waals surface area contributed by atoms with Crippen molar-refractivity contribution in [1.82, 2.24) is 19.9 Å². The van der Waals surface area contributed by atoms with E-state index in [1.165, 1.54) is 11.3 Å². The van der Waals surface area contributed by atoms with Gasteiger partial charge < -0.3 is 14.5 Å². The molecule has 1 N–H and O–H groups in total. The molecule has 8 nitrogen and oxygen atoms in total. The maximum Gasteiger partial charge on any atom is 0.265 e. The van der Waals surface area contributed by atoms with Crippen molar-refractivity contribution in [2.75, 3.05) is 44.3 Å². The molecule has 2 saturated heterocycles. The summed E-state index contributed by atoms with van der Waals surface area (Å²) in [6.07, 6.45) is 0.808. The van der Waals surface area contributed by atoms with Gasteiger partial charge in [0, 0.05) is 38.2 Å². The summed E-state index contributed by atoms with van der Waals surface area (Å²) < 4.78 is 5.36. The molecular formula is C17H21N5O3S. The van der Waals surface area contributed by atoms with Gasteiger partial charge in [-0.3, -0.25) is 14.6 Å². The van der Waals surface area contributed by atoms with Crippen LogP contribution < -0.4 is 10.5 Å². The Balaban J connectivity index is 1.51. The van der Waals surface area contributed by atoms with Crippen molar-refractivity contribution in [2.45, 2.75) is 19.3 Å². The van der Waals surface area contributed by atoms with Crippen molar-refractivity contribution in [3.8, 4) is 0 Å². The summed E-state index contributed by atoms with van der Waals surface area (Å²) >= 11 is 1.37. The molecule has 0 saturated carbocycles. The molecule has 0 spiro atoms. The van der Waals surface area contributed by atoms with Crippen molar-refractivity contribution in [3.63, 3.8) is 0 Å². The van der Waals surface area contributed by atoms with Gasteiger partial charge in [-0.25, -0.2) is 9.97 Å². The standard InChI is InChI=1S/C17H21N5O3S/c1-11-15(26-10-18-11)16(24)22-3-2-12(9-22)13-8-14(23)20-17(19-13)21-4-6-25-7-5-21/h8,10,12H,2-7,9H2,1H3,(H,19,20,23)/t12-/m1/s1. The highest BCUT2D eigenvalue weighted by Crippen LogP contribution is 2.28. The van der Waals surface area contributed by atoms with Gasteiger partial charge in [-0.1, -0.05) is 0 Å². The second kappa shape index (κ2) is 7.16. The molecule has 0 unspecified atom stereocenters. The molecule has 1 amide bonds. The number of morpholine rings is 1. The number of nitrogens with one attached hydrogen (secondary N) is 1. The Bertz CT molecular complexity index is 858. The molecule has 2 aliphatic rings. The summed E-state index contributed by atoms with van der Waals surface area (Å²) in [6, 6.07) is 1.56. The predicted molar refractivity (Wildman–Crippen MR) is 98.0 cm³/mol. The number of aryl methyl sites for hydroxylation is 1. The second-order valence-electron chi connectivity index (χ2n) is 6.60.